The zero-order valence-corrected chi connectivity index (χ0v) is 12.2. The molecule has 3 heterocycles. The molecule has 1 aromatic rings. The highest BCUT2D eigenvalue weighted by atomic mass is 19.1. The Morgan fingerprint density at radius 3 is 2.71 bits per heavy atom. The second-order valence-corrected chi connectivity index (χ2v) is 6.49. The van der Waals surface area contributed by atoms with E-state index in [-0.39, 0.29) is 12.1 Å². The molecule has 0 N–H and O–H groups in total. The maximum Gasteiger partial charge on any atom is 0.189 e. The van der Waals surface area contributed by atoms with Gasteiger partial charge in [0.25, 0.3) is 0 Å². The minimum Gasteiger partial charge on any atom is -0.342 e. The quantitative estimate of drug-likeness (QED) is 0.835. The minimum absolute atomic E-state index is 0.0769. The second kappa shape index (κ2) is 4.74. The standard InChI is InChI=1S/C16H20FNO3/c1-16(2)20-14-12-13(19-15(14)21-16)11(17)9-18(12)8-10-6-4-3-5-7-10/h3-7,11-15H,8-9H2,1-2H3/t11-,12?,13-,14-,15-/m1/s1. The van der Waals surface area contributed by atoms with Crippen LogP contribution in [0.2, 0.25) is 0 Å². The highest BCUT2D eigenvalue weighted by Gasteiger charge is 2.61. The molecule has 0 spiro atoms. The summed E-state index contributed by atoms with van der Waals surface area (Å²) < 4.78 is 31.7. The normalized spacial score (nSPS) is 41.2. The Morgan fingerprint density at radius 1 is 1.19 bits per heavy atom. The van der Waals surface area contributed by atoms with Crippen LogP contribution in [0.25, 0.3) is 0 Å². The molecule has 0 amide bonds. The van der Waals surface area contributed by atoms with Crippen molar-refractivity contribution in [3.8, 4) is 0 Å². The maximum absolute atomic E-state index is 14.3. The van der Waals surface area contributed by atoms with Gasteiger partial charge >= 0.3 is 0 Å². The number of hydrogen-bond donors (Lipinski definition) is 0. The number of benzene rings is 1. The Kier molecular flexibility index (Phi) is 3.08. The van der Waals surface area contributed by atoms with Crippen molar-refractivity contribution in [2.75, 3.05) is 6.54 Å². The molecule has 3 fully saturated rings. The molecule has 1 aromatic carbocycles. The van der Waals surface area contributed by atoms with E-state index in [0.29, 0.717) is 13.1 Å². The van der Waals surface area contributed by atoms with Gasteiger partial charge in [-0.3, -0.25) is 4.90 Å². The summed E-state index contributed by atoms with van der Waals surface area (Å²) in [4.78, 5) is 2.13. The molecule has 4 nitrogen and oxygen atoms in total. The molecule has 3 saturated heterocycles. The van der Waals surface area contributed by atoms with E-state index in [2.05, 4.69) is 17.0 Å². The van der Waals surface area contributed by atoms with Crippen LogP contribution >= 0.6 is 0 Å². The number of alkyl halides is 1. The van der Waals surface area contributed by atoms with Gasteiger partial charge in [-0.1, -0.05) is 30.3 Å². The first-order valence-electron chi connectivity index (χ1n) is 7.47. The zero-order chi connectivity index (χ0) is 14.6. The second-order valence-electron chi connectivity index (χ2n) is 6.49. The third-order valence-electron chi connectivity index (χ3n) is 4.47. The van der Waals surface area contributed by atoms with Gasteiger partial charge in [0.15, 0.2) is 12.1 Å². The number of halogens is 1. The Bertz CT molecular complexity index is 524. The summed E-state index contributed by atoms with van der Waals surface area (Å²) in [5.74, 6) is -0.660. The van der Waals surface area contributed by atoms with E-state index < -0.39 is 24.4 Å². The number of fused-ring (bicyclic) bond motifs is 3. The molecule has 0 saturated carbocycles. The molecular weight excluding hydrogens is 273 g/mol. The molecule has 1 unspecified atom stereocenters. The van der Waals surface area contributed by atoms with Gasteiger partial charge in [0.2, 0.25) is 0 Å². The number of nitrogens with zero attached hydrogens (tertiary/aromatic N) is 1. The van der Waals surface area contributed by atoms with Crippen LogP contribution in [0.5, 0.6) is 0 Å². The van der Waals surface area contributed by atoms with E-state index >= 15 is 0 Å². The van der Waals surface area contributed by atoms with E-state index in [9.17, 15) is 4.39 Å². The predicted molar refractivity (Wildman–Crippen MR) is 74.2 cm³/mol. The number of rotatable bonds is 2. The van der Waals surface area contributed by atoms with Gasteiger partial charge in [-0.15, -0.1) is 0 Å². The number of hydrogen-bond acceptors (Lipinski definition) is 4. The molecule has 4 rings (SSSR count). The lowest BCUT2D eigenvalue weighted by Crippen LogP contribution is -2.42. The molecule has 0 aromatic heterocycles. The van der Waals surface area contributed by atoms with Crippen LogP contribution in [0, 0.1) is 0 Å². The van der Waals surface area contributed by atoms with Crippen LogP contribution < -0.4 is 0 Å². The van der Waals surface area contributed by atoms with Crippen molar-refractivity contribution in [3.05, 3.63) is 35.9 Å². The van der Waals surface area contributed by atoms with Gasteiger partial charge in [0.05, 0.1) is 6.04 Å². The van der Waals surface area contributed by atoms with E-state index in [0.717, 1.165) is 0 Å². The molecule has 3 aliphatic heterocycles. The Labute approximate surface area is 123 Å². The summed E-state index contributed by atoms with van der Waals surface area (Å²) >= 11 is 0. The largest absolute Gasteiger partial charge is 0.342 e. The van der Waals surface area contributed by atoms with Crippen LogP contribution in [0.15, 0.2) is 30.3 Å². The van der Waals surface area contributed by atoms with Gasteiger partial charge in [0.1, 0.15) is 18.4 Å². The Balaban J connectivity index is 1.56. The molecule has 3 aliphatic rings. The molecule has 5 heteroatoms. The monoisotopic (exact) mass is 293 g/mol. The first kappa shape index (κ1) is 13.6. The van der Waals surface area contributed by atoms with Crippen LogP contribution in [0.4, 0.5) is 4.39 Å². The lowest BCUT2D eigenvalue weighted by atomic mass is 10.1. The zero-order valence-electron chi connectivity index (χ0n) is 12.2. The molecule has 0 bridgehead atoms. The smallest absolute Gasteiger partial charge is 0.189 e. The highest BCUT2D eigenvalue weighted by molar-refractivity contribution is 5.16. The molecular formula is C16H20FNO3. The summed E-state index contributed by atoms with van der Waals surface area (Å²) in [6, 6.07) is 10.0. The van der Waals surface area contributed by atoms with E-state index in [4.69, 9.17) is 14.2 Å². The van der Waals surface area contributed by atoms with Crippen molar-refractivity contribution in [3.63, 3.8) is 0 Å². The van der Waals surface area contributed by atoms with Crippen LogP contribution in [-0.2, 0) is 20.8 Å². The molecule has 5 atom stereocenters. The van der Waals surface area contributed by atoms with Gasteiger partial charge in [-0.2, -0.15) is 0 Å². The van der Waals surface area contributed by atoms with Crippen molar-refractivity contribution in [1.82, 2.24) is 4.90 Å². The molecule has 114 valence electrons. The molecule has 0 radical (unpaired) electrons. The average molecular weight is 293 g/mol. The van der Waals surface area contributed by atoms with E-state index in [1.54, 1.807) is 0 Å². The van der Waals surface area contributed by atoms with Crippen molar-refractivity contribution in [2.24, 2.45) is 0 Å². The fourth-order valence-corrected chi connectivity index (χ4v) is 3.67. The highest BCUT2D eigenvalue weighted by Crippen LogP contribution is 2.44. The lowest BCUT2D eigenvalue weighted by Gasteiger charge is -2.27. The fourth-order valence-electron chi connectivity index (χ4n) is 3.67. The van der Waals surface area contributed by atoms with Gasteiger partial charge < -0.3 is 14.2 Å². The third kappa shape index (κ3) is 2.28. The summed E-state index contributed by atoms with van der Waals surface area (Å²) in [7, 11) is 0. The van der Waals surface area contributed by atoms with Gasteiger partial charge in [-0.05, 0) is 19.4 Å². The van der Waals surface area contributed by atoms with Crippen molar-refractivity contribution < 1.29 is 18.6 Å². The number of ether oxygens (including phenoxy) is 3. The summed E-state index contributed by atoms with van der Waals surface area (Å²) in [5.41, 5.74) is 1.17. The predicted octanol–water partition coefficient (Wildman–Crippen LogP) is 2.09. The van der Waals surface area contributed by atoms with Crippen molar-refractivity contribution in [1.29, 1.82) is 0 Å². The van der Waals surface area contributed by atoms with Gasteiger partial charge in [0, 0.05) is 13.1 Å². The Hall–Kier alpha value is -1.01. The van der Waals surface area contributed by atoms with Crippen molar-refractivity contribution >= 4 is 0 Å². The maximum atomic E-state index is 14.3. The topological polar surface area (TPSA) is 30.9 Å². The summed E-state index contributed by atoms with van der Waals surface area (Å²) in [6.45, 7) is 4.83. The van der Waals surface area contributed by atoms with Crippen LogP contribution in [0.1, 0.15) is 19.4 Å². The SMILES string of the molecule is CC1(C)O[C@H]2O[C@H]3C([C@H]2O1)N(Cc1ccccc1)C[C@H]3F. The summed E-state index contributed by atoms with van der Waals surface area (Å²) in [6.07, 6.45) is -2.10. The first-order valence-corrected chi connectivity index (χ1v) is 7.47. The average Bonchev–Trinajstić information content (AvgIpc) is 3.00. The Morgan fingerprint density at radius 2 is 1.95 bits per heavy atom. The van der Waals surface area contributed by atoms with Gasteiger partial charge in [-0.25, -0.2) is 4.39 Å². The van der Waals surface area contributed by atoms with E-state index in [1.807, 2.05) is 32.0 Å². The van der Waals surface area contributed by atoms with Crippen LogP contribution in [0.3, 0.4) is 0 Å². The fraction of sp³-hybridized carbons (Fsp3) is 0.625. The van der Waals surface area contributed by atoms with Crippen molar-refractivity contribution in [2.45, 2.75) is 56.9 Å². The minimum atomic E-state index is -0.986. The summed E-state index contributed by atoms with van der Waals surface area (Å²) in [5, 5.41) is 0. The van der Waals surface area contributed by atoms with E-state index in [1.165, 1.54) is 5.56 Å². The number of likely N-dealkylation sites (tertiary alicyclic amines) is 1. The van der Waals surface area contributed by atoms with Crippen LogP contribution in [-0.4, -0.2) is 47.9 Å². The lowest BCUT2D eigenvalue weighted by molar-refractivity contribution is -0.210. The third-order valence-corrected chi connectivity index (χ3v) is 4.47. The molecule has 0 aliphatic carbocycles. The first-order chi connectivity index (χ1) is 10.0. The molecule has 21 heavy (non-hydrogen) atoms.